The predicted molar refractivity (Wildman–Crippen MR) is 129 cm³/mol. The fraction of sp³-hybridized carbons (Fsp3) is 0.280. The van der Waals surface area contributed by atoms with E-state index in [0.29, 0.717) is 19.7 Å². The Kier molecular flexibility index (Phi) is 5.81. The number of aromatic nitrogens is 1. The summed E-state index contributed by atoms with van der Waals surface area (Å²) in [6.45, 7) is 5.48. The fourth-order valence-electron chi connectivity index (χ4n) is 3.96. The van der Waals surface area contributed by atoms with Crippen molar-refractivity contribution in [2.75, 3.05) is 44.3 Å². The minimum atomic E-state index is 0.0146. The number of rotatable bonds is 6. The first kappa shape index (κ1) is 20.6. The number of para-hydroxylation sites is 1. The van der Waals surface area contributed by atoms with Gasteiger partial charge < -0.3 is 19.3 Å². The van der Waals surface area contributed by atoms with E-state index in [4.69, 9.17) is 14.5 Å². The third kappa shape index (κ3) is 4.21. The van der Waals surface area contributed by atoms with Gasteiger partial charge in [0.25, 0.3) is 5.91 Å². The number of ether oxygens (including phenoxy) is 2. The summed E-state index contributed by atoms with van der Waals surface area (Å²) in [5.41, 5.74) is 0.914. The summed E-state index contributed by atoms with van der Waals surface area (Å²) in [6.07, 6.45) is 0. The number of hydrogen-bond donors (Lipinski definition) is 0. The van der Waals surface area contributed by atoms with Crippen molar-refractivity contribution in [1.29, 1.82) is 0 Å². The van der Waals surface area contributed by atoms with Gasteiger partial charge >= 0.3 is 0 Å². The van der Waals surface area contributed by atoms with Gasteiger partial charge in [0.05, 0.1) is 11.3 Å². The van der Waals surface area contributed by atoms with Crippen LogP contribution in [0.15, 0.2) is 60.7 Å². The average molecular weight is 448 g/mol. The molecule has 0 atom stereocenters. The highest BCUT2D eigenvalue weighted by atomic mass is 32.1. The van der Waals surface area contributed by atoms with Crippen molar-refractivity contribution in [3.8, 4) is 11.5 Å². The molecule has 0 saturated carbocycles. The first-order valence-corrected chi connectivity index (χ1v) is 11.7. The zero-order valence-corrected chi connectivity index (χ0v) is 18.8. The summed E-state index contributed by atoms with van der Waals surface area (Å²) < 4.78 is 12.6. The Morgan fingerprint density at radius 1 is 0.969 bits per heavy atom. The first-order valence-electron chi connectivity index (χ1n) is 10.9. The molecule has 1 aliphatic heterocycles. The standard InChI is InChI=1S/C25H25N3O3S/c1-2-30-21-8-5-9-22-24(21)26-25(32-22)28-14-12-27(13-15-28)23(29)17-31-20-11-10-18-6-3-4-7-19(18)16-20/h3-11,16H,2,12-15,17H2,1H3. The molecule has 164 valence electrons. The Morgan fingerprint density at radius 2 is 1.78 bits per heavy atom. The fourth-order valence-corrected chi connectivity index (χ4v) is 4.99. The smallest absolute Gasteiger partial charge is 0.260 e. The molecule has 7 heteroatoms. The largest absolute Gasteiger partial charge is 0.492 e. The predicted octanol–water partition coefficient (Wildman–Crippen LogP) is 4.58. The molecule has 0 aliphatic carbocycles. The number of amides is 1. The van der Waals surface area contributed by atoms with Gasteiger partial charge in [0.1, 0.15) is 17.0 Å². The highest BCUT2D eigenvalue weighted by Crippen LogP contribution is 2.34. The van der Waals surface area contributed by atoms with Crippen molar-refractivity contribution in [3.63, 3.8) is 0 Å². The van der Waals surface area contributed by atoms with Gasteiger partial charge in [-0.1, -0.05) is 47.7 Å². The van der Waals surface area contributed by atoms with Gasteiger partial charge in [-0.3, -0.25) is 4.79 Å². The Balaban J connectivity index is 1.18. The topological polar surface area (TPSA) is 54.9 Å². The van der Waals surface area contributed by atoms with Crippen LogP contribution in [0.3, 0.4) is 0 Å². The Labute approximate surface area is 191 Å². The number of benzene rings is 3. The van der Waals surface area contributed by atoms with Gasteiger partial charge in [0.2, 0.25) is 0 Å². The van der Waals surface area contributed by atoms with E-state index in [2.05, 4.69) is 17.0 Å². The van der Waals surface area contributed by atoms with E-state index in [9.17, 15) is 4.79 Å². The van der Waals surface area contributed by atoms with Crippen molar-refractivity contribution in [2.45, 2.75) is 6.92 Å². The molecule has 6 nitrogen and oxygen atoms in total. The molecule has 1 fully saturated rings. The number of carbonyl (C=O) groups is 1. The van der Waals surface area contributed by atoms with Crippen LogP contribution >= 0.6 is 11.3 Å². The maximum Gasteiger partial charge on any atom is 0.260 e. The van der Waals surface area contributed by atoms with Crippen LogP contribution in [0.4, 0.5) is 5.13 Å². The summed E-state index contributed by atoms with van der Waals surface area (Å²) in [5.74, 6) is 1.56. The van der Waals surface area contributed by atoms with Gasteiger partial charge in [-0.2, -0.15) is 0 Å². The quantitative estimate of drug-likeness (QED) is 0.433. The van der Waals surface area contributed by atoms with Crippen LogP contribution in [0.1, 0.15) is 6.92 Å². The van der Waals surface area contributed by atoms with Crippen LogP contribution in [0.2, 0.25) is 0 Å². The maximum absolute atomic E-state index is 12.7. The molecule has 0 unspecified atom stereocenters. The lowest BCUT2D eigenvalue weighted by Crippen LogP contribution is -2.50. The second kappa shape index (κ2) is 9.04. The Hall–Kier alpha value is -3.32. The molecule has 1 amide bonds. The van der Waals surface area contributed by atoms with Crippen LogP contribution in [0, 0.1) is 0 Å². The molecule has 3 aromatic carbocycles. The molecule has 1 aliphatic rings. The maximum atomic E-state index is 12.7. The third-order valence-corrected chi connectivity index (χ3v) is 6.74. The number of hydrogen-bond acceptors (Lipinski definition) is 6. The van der Waals surface area contributed by atoms with E-state index in [0.717, 1.165) is 50.7 Å². The number of carbonyl (C=O) groups excluding carboxylic acids is 1. The van der Waals surface area contributed by atoms with Gasteiger partial charge in [-0.15, -0.1) is 0 Å². The zero-order chi connectivity index (χ0) is 21.9. The van der Waals surface area contributed by atoms with E-state index in [-0.39, 0.29) is 12.5 Å². The van der Waals surface area contributed by atoms with Crippen LogP contribution in [-0.2, 0) is 4.79 Å². The van der Waals surface area contributed by atoms with E-state index >= 15 is 0 Å². The van der Waals surface area contributed by atoms with E-state index in [1.807, 2.05) is 60.4 Å². The Morgan fingerprint density at radius 3 is 2.59 bits per heavy atom. The van der Waals surface area contributed by atoms with Crippen molar-refractivity contribution >= 4 is 43.4 Å². The van der Waals surface area contributed by atoms with Crippen LogP contribution in [0.25, 0.3) is 21.0 Å². The lowest BCUT2D eigenvalue weighted by atomic mass is 10.1. The number of fused-ring (bicyclic) bond motifs is 2. The SMILES string of the molecule is CCOc1cccc2sc(N3CCN(C(=O)COc4ccc5ccccc5c4)CC3)nc12. The number of anilines is 1. The molecule has 2 heterocycles. The van der Waals surface area contributed by atoms with Crippen molar-refractivity contribution in [1.82, 2.24) is 9.88 Å². The average Bonchev–Trinajstić information content (AvgIpc) is 3.28. The lowest BCUT2D eigenvalue weighted by molar-refractivity contribution is -0.133. The summed E-state index contributed by atoms with van der Waals surface area (Å²) in [6, 6.07) is 20.1. The number of nitrogens with zero attached hydrogens (tertiary/aromatic N) is 3. The van der Waals surface area contributed by atoms with E-state index < -0.39 is 0 Å². The number of thiazole rings is 1. The summed E-state index contributed by atoms with van der Waals surface area (Å²) >= 11 is 1.67. The summed E-state index contributed by atoms with van der Waals surface area (Å²) in [7, 11) is 0. The molecule has 4 aromatic rings. The summed E-state index contributed by atoms with van der Waals surface area (Å²) in [4.78, 5) is 21.6. The minimum Gasteiger partial charge on any atom is -0.492 e. The molecular weight excluding hydrogens is 422 g/mol. The highest BCUT2D eigenvalue weighted by molar-refractivity contribution is 7.22. The summed E-state index contributed by atoms with van der Waals surface area (Å²) in [5, 5.41) is 3.24. The van der Waals surface area contributed by atoms with Crippen LogP contribution in [0.5, 0.6) is 11.5 Å². The molecular formula is C25H25N3O3S. The van der Waals surface area contributed by atoms with Crippen molar-refractivity contribution in [2.24, 2.45) is 0 Å². The molecule has 32 heavy (non-hydrogen) atoms. The molecule has 1 aromatic heterocycles. The highest BCUT2D eigenvalue weighted by Gasteiger charge is 2.24. The zero-order valence-electron chi connectivity index (χ0n) is 18.0. The van der Waals surface area contributed by atoms with E-state index in [1.165, 1.54) is 0 Å². The molecule has 1 saturated heterocycles. The molecule has 0 N–H and O–H groups in total. The van der Waals surface area contributed by atoms with Crippen molar-refractivity contribution in [3.05, 3.63) is 60.7 Å². The first-order chi connectivity index (χ1) is 15.7. The third-order valence-electron chi connectivity index (χ3n) is 5.66. The monoisotopic (exact) mass is 447 g/mol. The molecule has 5 rings (SSSR count). The second-order valence-electron chi connectivity index (χ2n) is 7.70. The second-order valence-corrected chi connectivity index (χ2v) is 8.71. The minimum absolute atomic E-state index is 0.0146. The molecule has 0 radical (unpaired) electrons. The van der Waals surface area contributed by atoms with Gasteiger partial charge in [0, 0.05) is 26.2 Å². The van der Waals surface area contributed by atoms with E-state index in [1.54, 1.807) is 11.3 Å². The Bertz CT molecular complexity index is 1250. The van der Waals surface area contributed by atoms with Gasteiger partial charge in [-0.05, 0) is 42.0 Å². The van der Waals surface area contributed by atoms with Gasteiger partial charge in [-0.25, -0.2) is 4.98 Å². The van der Waals surface area contributed by atoms with Crippen molar-refractivity contribution < 1.29 is 14.3 Å². The molecule has 0 spiro atoms. The molecule has 0 bridgehead atoms. The lowest BCUT2D eigenvalue weighted by Gasteiger charge is -2.34. The number of piperazine rings is 1. The van der Waals surface area contributed by atoms with Crippen LogP contribution < -0.4 is 14.4 Å². The van der Waals surface area contributed by atoms with Gasteiger partial charge in [0.15, 0.2) is 11.7 Å². The van der Waals surface area contributed by atoms with Crippen LogP contribution in [-0.4, -0.2) is 55.2 Å². The normalized spacial score (nSPS) is 14.2.